The Morgan fingerprint density at radius 1 is 1.06 bits per heavy atom. The van der Waals surface area contributed by atoms with Crippen LogP contribution in [-0.4, -0.2) is 31.1 Å². The molecule has 0 atom stereocenters. The average Bonchev–Trinajstić information content (AvgIpc) is 2.83. The highest BCUT2D eigenvalue weighted by molar-refractivity contribution is 6.30. The van der Waals surface area contributed by atoms with Crippen LogP contribution >= 0.6 is 11.6 Å². The molecule has 0 saturated heterocycles. The SMILES string of the molecule is COc1ccc(COC(=O)c2ccc3c(c2)CN(Cc2ccc(F)c(Cl)c2)C(=O)N3C)cc1. The molecule has 0 aliphatic carbocycles. The molecule has 3 aromatic carbocycles. The van der Waals surface area contributed by atoms with E-state index in [2.05, 4.69) is 0 Å². The molecule has 1 aliphatic rings. The lowest BCUT2D eigenvalue weighted by Gasteiger charge is -2.35. The molecule has 8 heteroatoms. The van der Waals surface area contributed by atoms with E-state index in [4.69, 9.17) is 21.1 Å². The molecular formula is C25H22ClFN2O4. The first-order valence-corrected chi connectivity index (χ1v) is 10.6. The number of urea groups is 1. The number of ether oxygens (including phenoxy) is 2. The number of halogens is 2. The Bertz CT molecular complexity index is 1200. The van der Waals surface area contributed by atoms with Gasteiger partial charge in [-0.15, -0.1) is 0 Å². The standard InChI is InChI=1S/C25H22ClFN2O4/c1-28-23-10-6-18(24(30)33-15-16-3-7-20(32-2)8-4-16)12-19(23)14-29(25(28)31)13-17-5-9-22(27)21(26)11-17/h3-12H,13-15H2,1-2H3. The Morgan fingerprint density at radius 2 is 1.79 bits per heavy atom. The molecule has 0 spiro atoms. The average molecular weight is 469 g/mol. The third kappa shape index (κ3) is 4.93. The van der Waals surface area contributed by atoms with Gasteiger partial charge in [0.15, 0.2) is 0 Å². The van der Waals surface area contributed by atoms with Gasteiger partial charge >= 0.3 is 12.0 Å². The Balaban J connectivity index is 1.48. The van der Waals surface area contributed by atoms with E-state index < -0.39 is 11.8 Å². The number of hydrogen-bond donors (Lipinski definition) is 0. The van der Waals surface area contributed by atoms with Gasteiger partial charge < -0.3 is 14.4 Å². The molecule has 33 heavy (non-hydrogen) atoms. The van der Waals surface area contributed by atoms with E-state index in [9.17, 15) is 14.0 Å². The molecule has 4 rings (SSSR count). The van der Waals surface area contributed by atoms with Crippen LogP contribution in [0.3, 0.4) is 0 Å². The molecule has 0 fully saturated rings. The molecule has 2 amide bonds. The van der Waals surface area contributed by atoms with Crippen molar-refractivity contribution in [1.29, 1.82) is 0 Å². The Morgan fingerprint density at radius 3 is 2.48 bits per heavy atom. The maximum Gasteiger partial charge on any atom is 0.338 e. The number of benzene rings is 3. The molecule has 3 aromatic rings. The van der Waals surface area contributed by atoms with Gasteiger partial charge in [-0.1, -0.05) is 29.8 Å². The fourth-order valence-corrected chi connectivity index (χ4v) is 3.89. The van der Waals surface area contributed by atoms with Gasteiger partial charge in [-0.2, -0.15) is 0 Å². The van der Waals surface area contributed by atoms with E-state index in [1.165, 1.54) is 17.0 Å². The van der Waals surface area contributed by atoms with Crippen molar-refractivity contribution in [3.8, 4) is 5.75 Å². The van der Waals surface area contributed by atoms with Gasteiger partial charge in [0.2, 0.25) is 0 Å². The van der Waals surface area contributed by atoms with Gasteiger partial charge in [0.05, 0.1) is 23.4 Å². The summed E-state index contributed by atoms with van der Waals surface area (Å²) >= 11 is 5.88. The first-order chi connectivity index (χ1) is 15.9. The lowest BCUT2D eigenvalue weighted by Crippen LogP contribution is -2.44. The number of rotatable bonds is 6. The van der Waals surface area contributed by atoms with Gasteiger partial charge in [0.25, 0.3) is 0 Å². The Hall–Kier alpha value is -3.58. The van der Waals surface area contributed by atoms with Crippen LogP contribution < -0.4 is 9.64 Å². The second kappa shape index (κ2) is 9.50. The summed E-state index contributed by atoms with van der Waals surface area (Å²) in [5.41, 5.74) is 3.48. The number of anilines is 1. The highest BCUT2D eigenvalue weighted by atomic mass is 35.5. The molecule has 6 nitrogen and oxygen atoms in total. The topological polar surface area (TPSA) is 59.1 Å². The maximum absolute atomic E-state index is 13.5. The number of carbonyl (C=O) groups excluding carboxylic acids is 2. The molecule has 0 N–H and O–H groups in total. The van der Waals surface area contributed by atoms with Crippen LogP contribution in [0.1, 0.15) is 27.0 Å². The lowest BCUT2D eigenvalue weighted by molar-refractivity contribution is 0.0472. The molecule has 1 aliphatic heterocycles. The molecular weight excluding hydrogens is 447 g/mol. The van der Waals surface area contributed by atoms with Gasteiger partial charge in [-0.25, -0.2) is 14.0 Å². The van der Waals surface area contributed by atoms with Crippen LogP contribution in [-0.2, 0) is 24.4 Å². The van der Waals surface area contributed by atoms with Crippen LogP contribution in [0.2, 0.25) is 5.02 Å². The van der Waals surface area contributed by atoms with Crippen LogP contribution in [0, 0.1) is 5.82 Å². The van der Waals surface area contributed by atoms with Crippen molar-refractivity contribution >= 4 is 29.3 Å². The molecule has 0 aromatic heterocycles. The zero-order valence-corrected chi connectivity index (χ0v) is 18.9. The number of fused-ring (bicyclic) bond motifs is 1. The summed E-state index contributed by atoms with van der Waals surface area (Å²) in [6.07, 6.45) is 0. The number of amides is 2. The zero-order chi connectivity index (χ0) is 23.5. The molecule has 1 heterocycles. The van der Waals surface area contributed by atoms with Crippen molar-refractivity contribution in [2.45, 2.75) is 19.7 Å². The van der Waals surface area contributed by atoms with Crippen molar-refractivity contribution in [3.05, 3.63) is 93.8 Å². The zero-order valence-electron chi connectivity index (χ0n) is 18.2. The van der Waals surface area contributed by atoms with Crippen molar-refractivity contribution in [2.75, 3.05) is 19.1 Å². The summed E-state index contributed by atoms with van der Waals surface area (Å²) in [7, 11) is 3.26. The minimum absolute atomic E-state index is 0.00704. The van der Waals surface area contributed by atoms with Crippen LogP contribution in [0.4, 0.5) is 14.9 Å². The summed E-state index contributed by atoms with van der Waals surface area (Å²) in [4.78, 5) is 28.6. The number of methoxy groups -OCH3 is 1. The number of carbonyl (C=O) groups is 2. The van der Waals surface area contributed by atoms with E-state index in [0.717, 1.165) is 22.6 Å². The number of esters is 1. The van der Waals surface area contributed by atoms with Crippen LogP contribution in [0.25, 0.3) is 0 Å². The van der Waals surface area contributed by atoms with E-state index in [0.29, 0.717) is 17.7 Å². The van der Waals surface area contributed by atoms with Gasteiger partial charge in [0.1, 0.15) is 18.2 Å². The minimum Gasteiger partial charge on any atom is -0.497 e. The lowest BCUT2D eigenvalue weighted by atomic mass is 10.0. The van der Waals surface area contributed by atoms with E-state index >= 15 is 0 Å². The summed E-state index contributed by atoms with van der Waals surface area (Å²) in [6.45, 7) is 0.692. The van der Waals surface area contributed by atoms with E-state index in [-0.39, 0.29) is 24.2 Å². The van der Waals surface area contributed by atoms with Crippen LogP contribution in [0.15, 0.2) is 60.7 Å². The summed E-state index contributed by atoms with van der Waals surface area (Å²) in [6, 6.07) is 16.6. The third-order valence-corrected chi connectivity index (χ3v) is 5.77. The Kier molecular flexibility index (Phi) is 6.51. The predicted octanol–water partition coefficient (Wildman–Crippen LogP) is 5.42. The molecule has 0 saturated carbocycles. The smallest absolute Gasteiger partial charge is 0.338 e. The van der Waals surface area contributed by atoms with Gasteiger partial charge in [0, 0.05) is 20.1 Å². The monoisotopic (exact) mass is 468 g/mol. The highest BCUT2D eigenvalue weighted by Crippen LogP contribution is 2.30. The number of hydrogen-bond acceptors (Lipinski definition) is 4. The largest absolute Gasteiger partial charge is 0.497 e. The molecule has 0 unspecified atom stereocenters. The fraction of sp³-hybridized carbons (Fsp3) is 0.200. The summed E-state index contributed by atoms with van der Waals surface area (Å²) < 4.78 is 24.0. The highest BCUT2D eigenvalue weighted by Gasteiger charge is 2.28. The van der Waals surface area contributed by atoms with Crippen LogP contribution in [0.5, 0.6) is 5.75 Å². The fourth-order valence-electron chi connectivity index (χ4n) is 3.69. The van der Waals surface area contributed by atoms with Crippen molar-refractivity contribution in [1.82, 2.24) is 4.90 Å². The summed E-state index contributed by atoms with van der Waals surface area (Å²) in [5, 5.41) is 0.00704. The molecule has 170 valence electrons. The molecule has 0 bridgehead atoms. The summed E-state index contributed by atoms with van der Waals surface area (Å²) in [5.74, 6) is -0.235. The van der Waals surface area contributed by atoms with Crippen molar-refractivity contribution in [3.63, 3.8) is 0 Å². The van der Waals surface area contributed by atoms with E-state index in [1.807, 2.05) is 12.1 Å². The predicted molar refractivity (Wildman–Crippen MR) is 123 cm³/mol. The quantitative estimate of drug-likeness (QED) is 0.453. The normalized spacial score (nSPS) is 13.0. The van der Waals surface area contributed by atoms with Gasteiger partial charge in [-0.05, 0) is 59.2 Å². The number of nitrogens with zero attached hydrogens (tertiary/aromatic N) is 2. The second-order valence-corrected chi connectivity index (χ2v) is 8.12. The van der Waals surface area contributed by atoms with Crippen molar-refractivity contribution in [2.24, 2.45) is 0 Å². The first kappa shape index (κ1) is 22.6. The third-order valence-electron chi connectivity index (χ3n) is 5.48. The van der Waals surface area contributed by atoms with Gasteiger partial charge in [-0.3, -0.25) is 4.90 Å². The second-order valence-electron chi connectivity index (χ2n) is 7.71. The Labute approximate surface area is 196 Å². The van der Waals surface area contributed by atoms with Crippen molar-refractivity contribution < 1.29 is 23.5 Å². The molecule has 0 radical (unpaired) electrons. The maximum atomic E-state index is 13.5. The first-order valence-electron chi connectivity index (χ1n) is 10.2. The van der Waals surface area contributed by atoms with E-state index in [1.54, 1.807) is 55.5 Å². The minimum atomic E-state index is -0.509.